The monoisotopic (exact) mass is 422 g/mol. The van der Waals surface area contributed by atoms with Crippen molar-refractivity contribution in [3.05, 3.63) is 63.9 Å². The smallest absolute Gasteiger partial charge is 0.341 e. The Bertz CT molecular complexity index is 838. The molecule has 6 nitrogen and oxygen atoms in total. The van der Waals surface area contributed by atoms with Crippen molar-refractivity contribution in [1.29, 1.82) is 0 Å². The molecular formula is C18H16BrFN2O4. The number of carbonyl (C=O) groups is 3. The average molecular weight is 423 g/mol. The second kappa shape index (κ2) is 8.57. The van der Waals surface area contributed by atoms with Crippen LogP contribution >= 0.6 is 15.9 Å². The van der Waals surface area contributed by atoms with Crippen LogP contribution in [-0.2, 0) is 9.53 Å². The highest BCUT2D eigenvalue weighted by Gasteiger charge is 2.15. The van der Waals surface area contributed by atoms with Crippen LogP contribution in [0.4, 0.5) is 10.1 Å². The Morgan fingerprint density at radius 2 is 1.77 bits per heavy atom. The molecule has 26 heavy (non-hydrogen) atoms. The fourth-order valence-electron chi connectivity index (χ4n) is 2.01. The second-order valence-corrected chi connectivity index (χ2v) is 6.44. The molecule has 0 spiro atoms. The maximum atomic E-state index is 13.6. The van der Waals surface area contributed by atoms with Crippen molar-refractivity contribution in [3.8, 4) is 0 Å². The molecule has 2 rings (SSSR count). The quantitative estimate of drug-likeness (QED) is 0.751. The molecule has 0 saturated carbocycles. The number of amides is 2. The van der Waals surface area contributed by atoms with Gasteiger partial charge in [-0.1, -0.05) is 15.9 Å². The Morgan fingerprint density at radius 3 is 2.38 bits per heavy atom. The summed E-state index contributed by atoms with van der Waals surface area (Å²) < 4.78 is 18.9. The number of rotatable bonds is 5. The maximum absolute atomic E-state index is 13.6. The molecule has 0 heterocycles. The molecule has 0 fully saturated rings. The van der Waals surface area contributed by atoms with E-state index in [-0.39, 0.29) is 11.5 Å². The molecular weight excluding hydrogens is 407 g/mol. The van der Waals surface area contributed by atoms with Gasteiger partial charge in [-0.05, 0) is 42.5 Å². The van der Waals surface area contributed by atoms with Crippen LogP contribution in [0.1, 0.15) is 20.7 Å². The number of anilines is 1. The molecule has 0 unspecified atom stereocenters. The number of esters is 1. The van der Waals surface area contributed by atoms with Crippen LogP contribution < -0.4 is 5.32 Å². The highest BCUT2D eigenvalue weighted by atomic mass is 79.9. The van der Waals surface area contributed by atoms with Crippen molar-refractivity contribution in [1.82, 2.24) is 4.90 Å². The van der Waals surface area contributed by atoms with Gasteiger partial charge in [0, 0.05) is 29.8 Å². The molecule has 2 aromatic rings. The van der Waals surface area contributed by atoms with Gasteiger partial charge in [0.2, 0.25) is 0 Å². The van der Waals surface area contributed by atoms with Crippen LogP contribution in [0.5, 0.6) is 0 Å². The number of ether oxygens (including phenoxy) is 1. The average Bonchev–Trinajstić information content (AvgIpc) is 2.61. The molecule has 2 amide bonds. The van der Waals surface area contributed by atoms with Gasteiger partial charge in [0.1, 0.15) is 5.82 Å². The van der Waals surface area contributed by atoms with E-state index in [1.54, 1.807) is 38.4 Å². The highest BCUT2D eigenvalue weighted by Crippen LogP contribution is 2.16. The van der Waals surface area contributed by atoms with Gasteiger partial charge in [-0.15, -0.1) is 0 Å². The van der Waals surface area contributed by atoms with Crippen molar-refractivity contribution in [3.63, 3.8) is 0 Å². The van der Waals surface area contributed by atoms with E-state index < -0.39 is 24.3 Å². The van der Waals surface area contributed by atoms with Crippen LogP contribution in [0.15, 0.2) is 46.9 Å². The van der Waals surface area contributed by atoms with E-state index >= 15 is 0 Å². The fourth-order valence-corrected chi connectivity index (χ4v) is 2.38. The third-order valence-electron chi connectivity index (χ3n) is 3.30. The molecule has 8 heteroatoms. The first-order valence-corrected chi connectivity index (χ1v) is 8.31. The van der Waals surface area contributed by atoms with E-state index in [4.69, 9.17) is 4.74 Å². The summed E-state index contributed by atoms with van der Waals surface area (Å²) in [6.45, 7) is -0.566. The van der Waals surface area contributed by atoms with Crippen LogP contribution in [0, 0.1) is 5.82 Å². The summed E-state index contributed by atoms with van der Waals surface area (Å²) in [4.78, 5) is 36.9. The topological polar surface area (TPSA) is 75.7 Å². The summed E-state index contributed by atoms with van der Waals surface area (Å²) in [7, 11) is 3.28. The van der Waals surface area contributed by atoms with Gasteiger partial charge in [0.25, 0.3) is 11.8 Å². The number of halogens is 2. The molecule has 2 aromatic carbocycles. The molecule has 1 N–H and O–H groups in total. The molecule has 0 bridgehead atoms. The van der Waals surface area contributed by atoms with Crippen molar-refractivity contribution in [2.24, 2.45) is 0 Å². The molecule has 0 aliphatic carbocycles. The Balaban J connectivity index is 1.91. The predicted molar refractivity (Wildman–Crippen MR) is 97.5 cm³/mol. The number of benzene rings is 2. The Morgan fingerprint density at radius 1 is 1.12 bits per heavy atom. The lowest BCUT2D eigenvalue weighted by Gasteiger charge is -2.11. The lowest BCUT2D eigenvalue weighted by Crippen LogP contribution is -2.22. The van der Waals surface area contributed by atoms with Gasteiger partial charge < -0.3 is 15.0 Å². The number of hydrogen-bond donors (Lipinski definition) is 1. The first-order chi connectivity index (χ1) is 12.3. The molecule has 0 saturated heterocycles. The second-order valence-electron chi connectivity index (χ2n) is 5.53. The number of hydrogen-bond acceptors (Lipinski definition) is 4. The zero-order chi connectivity index (χ0) is 19.3. The zero-order valence-corrected chi connectivity index (χ0v) is 15.7. The van der Waals surface area contributed by atoms with E-state index in [1.165, 1.54) is 17.0 Å². The maximum Gasteiger partial charge on any atom is 0.341 e. The van der Waals surface area contributed by atoms with Crippen molar-refractivity contribution in [2.75, 3.05) is 26.0 Å². The van der Waals surface area contributed by atoms with E-state index in [9.17, 15) is 18.8 Å². The lowest BCUT2D eigenvalue weighted by atomic mass is 10.2. The molecule has 0 atom stereocenters. The van der Waals surface area contributed by atoms with E-state index in [2.05, 4.69) is 21.2 Å². The minimum Gasteiger partial charge on any atom is -0.452 e. The first-order valence-electron chi connectivity index (χ1n) is 7.51. The summed E-state index contributed by atoms with van der Waals surface area (Å²) in [5.74, 6) is -2.42. The largest absolute Gasteiger partial charge is 0.452 e. The normalized spacial score (nSPS) is 10.2. The van der Waals surface area contributed by atoms with Crippen molar-refractivity contribution < 1.29 is 23.5 Å². The van der Waals surface area contributed by atoms with Gasteiger partial charge in [-0.3, -0.25) is 9.59 Å². The van der Waals surface area contributed by atoms with Crippen LogP contribution in [0.3, 0.4) is 0 Å². The summed E-state index contributed by atoms with van der Waals surface area (Å²) in [6, 6.07) is 10.1. The number of carbonyl (C=O) groups excluding carboxylic acids is 3. The third kappa shape index (κ3) is 5.13. The van der Waals surface area contributed by atoms with E-state index in [1.807, 2.05) is 0 Å². The van der Waals surface area contributed by atoms with Crippen molar-refractivity contribution >= 4 is 39.4 Å². The van der Waals surface area contributed by atoms with Crippen LogP contribution in [0.2, 0.25) is 0 Å². The summed E-state index contributed by atoms with van der Waals surface area (Å²) in [5, 5.41) is 2.53. The van der Waals surface area contributed by atoms with Gasteiger partial charge in [0.05, 0.1) is 5.56 Å². The van der Waals surface area contributed by atoms with Crippen molar-refractivity contribution in [2.45, 2.75) is 0 Å². The Hall–Kier alpha value is -2.74. The lowest BCUT2D eigenvalue weighted by molar-refractivity contribution is -0.119. The van der Waals surface area contributed by atoms with E-state index in [0.29, 0.717) is 15.7 Å². The van der Waals surface area contributed by atoms with E-state index in [0.717, 1.165) is 6.07 Å². The van der Waals surface area contributed by atoms with Crippen LogP contribution in [0.25, 0.3) is 0 Å². The fraction of sp³-hybridized carbons (Fsp3) is 0.167. The molecule has 0 aliphatic heterocycles. The van der Waals surface area contributed by atoms with Crippen LogP contribution in [-0.4, -0.2) is 43.4 Å². The number of nitrogens with one attached hydrogen (secondary N) is 1. The predicted octanol–water partition coefficient (Wildman–Crippen LogP) is 3.09. The number of nitrogens with zero attached hydrogens (tertiary/aromatic N) is 1. The van der Waals surface area contributed by atoms with Gasteiger partial charge >= 0.3 is 5.97 Å². The molecule has 0 aliphatic rings. The highest BCUT2D eigenvalue weighted by molar-refractivity contribution is 9.10. The molecule has 136 valence electrons. The van der Waals surface area contributed by atoms with Gasteiger partial charge in [-0.25, -0.2) is 9.18 Å². The Kier molecular flexibility index (Phi) is 6.46. The Labute approximate surface area is 158 Å². The summed E-state index contributed by atoms with van der Waals surface area (Å²) in [6.07, 6.45) is 0. The minimum atomic E-state index is -0.939. The first kappa shape index (κ1) is 19.6. The third-order valence-corrected chi connectivity index (χ3v) is 3.80. The minimum absolute atomic E-state index is 0.159. The molecule has 0 radical (unpaired) electrons. The van der Waals surface area contributed by atoms with Gasteiger partial charge in [0.15, 0.2) is 6.61 Å². The standard InChI is InChI=1S/C18H16BrFN2O4/c1-22(2)17(24)11-3-6-13(7-4-11)21-16(23)10-26-18(25)14-9-12(19)5-8-15(14)20/h3-9H,10H2,1-2H3,(H,21,23). The SMILES string of the molecule is CN(C)C(=O)c1ccc(NC(=O)COC(=O)c2cc(Br)ccc2F)cc1. The zero-order valence-electron chi connectivity index (χ0n) is 14.1. The molecule has 0 aromatic heterocycles. The van der Waals surface area contributed by atoms with Gasteiger partial charge in [-0.2, -0.15) is 0 Å². The summed E-state index contributed by atoms with van der Waals surface area (Å²) >= 11 is 3.13. The summed E-state index contributed by atoms with van der Waals surface area (Å²) in [5.41, 5.74) is 0.651.